The van der Waals surface area contributed by atoms with E-state index in [0.717, 1.165) is 10.0 Å². The highest BCUT2D eigenvalue weighted by atomic mass is 79.9. The first kappa shape index (κ1) is 12.6. The highest BCUT2D eigenvalue weighted by Crippen LogP contribution is 2.30. The molecular weight excluding hydrogens is 327 g/mol. The van der Waals surface area contributed by atoms with E-state index in [1.54, 1.807) is 24.5 Å². The van der Waals surface area contributed by atoms with Crippen LogP contribution >= 0.6 is 39.1 Å². The molecule has 0 fully saturated rings. The minimum absolute atomic E-state index is 0.235. The number of nitrogens with zero attached hydrogens (tertiary/aromatic N) is 2. The number of rotatable bonds is 3. The van der Waals surface area contributed by atoms with Crippen LogP contribution in [0.15, 0.2) is 35.1 Å². The lowest BCUT2D eigenvalue weighted by Crippen LogP contribution is -1.93. The fourth-order valence-corrected chi connectivity index (χ4v) is 1.75. The van der Waals surface area contributed by atoms with Crippen LogP contribution in [-0.4, -0.2) is 9.97 Å². The van der Waals surface area contributed by atoms with E-state index in [9.17, 15) is 0 Å². The second-order valence-electron chi connectivity index (χ2n) is 3.18. The molecule has 0 bridgehead atoms. The molecule has 3 nitrogen and oxygen atoms in total. The van der Waals surface area contributed by atoms with Gasteiger partial charge in [-0.15, -0.1) is 11.6 Å². The van der Waals surface area contributed by atoms with E-state index in [2.05, 4.69) is 25.9 Å². The summed E-state index contributed by atoms with van der Waals surface area (Å²) < 4.78 is 6.33. The van der Waals surface area contributed by atoms with Crippen molar-refractivity contribution >= 4 is 39.1 Å². The van der Waals surface area contributed by atoms with Crippen molar-refractivity contribution in [2.24, 2.45) is 0 Å². The fourth-order valence-electron chi connectivity index (χ4n) is 1.12. The zero-order valence-corrected chi connectivity index (χ0v) is 11.6. The molecule has 0 radical (unpaired) electrons. The van der Waals surface area contributed by atoms with Crippen LogP contribution in [0.25, 0.3) is 0 Å². The van der Waals surface area contributed by atoms with Gasteiger partial charge in [0.05, 0.1) is 10.9 Å². The van der Waals surface area contributed by atoms with Crippen LogP contribution in [0.2, 0.25) is 5.02 Å². The molecule has 1 aromatic carbocycles. The SMILES string of the molecule is ClCc1cnc(Oc2cc(Br)ccc2Cl)nc1. The molecule has 0 aliphatic carbocycles. The summed E-state index contributed by atoms with van der Waals surface area (Å²) in [4.78, 5) is 8.05. The lowest BCUT2D eigenvalue weighted by molar-refractivity contribution is 0.441. The van der Waals surface area contributed by atoms with Crippen LogP contribution in [0.4, 0.5) is 0 Å². The van der Waals surface area contributed by atoms with Gasteiger partial charge >= 0.3 is 6.01 Å². The number of ether oxygens (including phenoxy) is 1. The van der Waals surface area contributed by atoms with E-state index in [4.69, 9.17) is 27.9 Å². The average molecular weight is 334 g/mol. The molecule has 1 heterocycles. The normalized spacial score (nSPS) is 10.3. The van der Waals surface area contributed by atoms with Crippen molar-refractivity contribution in [2.45, 2.75) is 5.88 Å². The van der Waals surface area contributed by atoms with Gasteiger partial charge in [0.2, 0.25) is 0 Å². The van der Waals surface area contributed by atoms with Gasteiger partial charge < -0.3 is 4.74 Å². The van der Waals surface area contributed by atoms with Gasteiger partial charge in [-0.25, -0.2) is 9.97 Å². The highest BCUT2D eigenvalue weighted by Gasteiger charge is 2.06. The Hall–Kier alpha value is -0.840. The summed E-state index contributed by atoms with van der Waals surface area (Å²) in [6.45, 7) is 0. The van der Waals surface area contributed by atoms with E-state index < -0.39 is 0 Å². The number of hydrogen-bond donors (Lipinski definition) is 0. The number of halogens is 3. The van der Waals surface area contributed by atoms with Crippen molar-refractivity contribution in [1.29, 1.82) is 0 Å². The standard InChI is InChI=1S/C11H7BrCl2N2O/c12-8-1-2-9(14)10(3-8)17-11-15-5-7(4-13)6-16-11/h1-3,5-6H,4H2. The maximum atomic E-state index is 5.98. The molecule has 1 aromatic heterocycles. The summed E-state index contributed by atoms with van der Waals surface area (Å²) in [5, 5.41) is 0.498. The Balaban J connectivity index is 2.22. The molecule has 6 heteroatoms. The molecule has 17 heavy (non-hydrogen) atoms. The average Bonchev–Trinajstić information content (AvgIpc) is 2.35. The van der Waals surface area contributed by atoms with Gasteiger partial charge in [0.1, 0.15) is 0 Å². The lowest BCUT2D eigenvalue weighted by atomic mass is 10.3. The van der Waals surface area contributed by atoms with Crippen LogP contribution in [0.3, 0.4) is 0 Å². The molecule has 0 spiro atoms. The largest absolute Gasteiger partial charge is 0.423 e. The van der Waals surface area contributed by atoms with Gasteiger partial charge in [-0.1, -0.05) is 27.5 Å². The van der Waals surface area contributed by atoms with Gasteiger partial charge in [0, 0.05) is 22.4 Å². The molecule has 2 aromatic rings. The van der Waals surface area contributed by atoms with Crippen LogP contribution < -0.4 is 4.74 Å². The second kappa shape index (κ2) is 5.67. The fraction of sp³-hybridized carbons (Fsp3) is 0.0909. The van der Waals surface area contributed by atoms with Gasteiger partial charge in [0.15, 0.2) is 5.75 Å². The zero-order valence-electron chi connectivity index (χ0n) is 8.53. The third-order valence-electron chi connectivity index (χ3n) is 1.93. The third-order valence-corrected chi connectivity index (χ3v) is 3.04. The number of alkyl halides is 1. The zero-order chi connectivity index (χ0) is 12.3. The molecule has 0 saturated heterocycles. The highest BCUT2D eigenvalue weighted by molar-refractivity contribution is 9.10. The van der Waals surface area contributed by atoms with Crippen molar-refractivity contribution in [3.8, 4) is 11.8 Å². The molecule has 0 amide bonds. The van der Waals surface area contributed by atoms with Gasteiger partial charge in [-0.2, -0.15) is 0 Å². The predicted octanol–water partition coefficient (Wildman–Crippen LogP) is 4.42. The summed E-state index contributed by atoms with van der Waals surface area (Å²) >= 11 is 15.0. The molecular formula is C11H7BrCl2N2O. The Bertz CT molecular complexity index is 519. The van der Waals surface area contributed by atoms with Crippen molar-refractivity contribution < 1.29 is 4.74 Å². The molecule has 88 valence electrons. The Kier molecular flexibility index (Phi) is 4.20. The molecule has 0 unspecified atom stereocenters. The number of aromatic nitrogens is 2. The predicted molar refractivity (Wildman–Crippen MR) is 70.8 cm³/mol. The van der Waals surface area contributed by atoms with E-state index in [0.29, 0.717) is 16.7 Å². The Labute approximate surface area is 117 Å². The topological polar surface area (TPSA) is 35.0 Å². The van der Waals surface area contributed by atoms with E-state index in [-0.39, 0.29) is 6.01 Å². The summed E-state index contributed by atoms with van der Waals surface area (Å²) in [7, 11) is 0. The minimum atomic E-state index is 0.235. The van der Waals surface area contributed by atoms with Crippen molar-refractivity contribution in [3.05, 3.63) is 45.7 Å². The van der Waals surface area contributed by atoms with Crippen molar-refractivity contribution in [2.75, 3.05) is 0 Å². The van der Waals surface area contributed by atoms with Gasteiger partial charge in [-0.3, -0.25) is 0 Å². The first-order chi connectivity index (χ1) is 8.19. The third kappa shape index (κ3) is 3.31. The summed E-state index contributed by atoms with van der Waals surface area (Å²) in [5.41, 5.74) is 0.833. The Morgan fingerprint density at radius 1 is 1.24 bits per heavy atom. The van der Waals surface area contributed by atoms with Crippen LogP contribution in [0.5, 0.6) is 11.8 Å². The Morgan fingerprint density at radius 3 is 2.59 bits per heavy atom. The number of benzene rings is 1. The monoisotopic (exact) mass is 332 g/mol. The summed E-state index contributed by atoms with van der Waals surface area (Å²) in [6, 6.07) is 5.54. The van der Waals surface area contributed by atoms with E-state index in [1.165, 1.54) is 0 Å². The van der Waals surface area contributed by atoms with Crippen molar-refractivity contribution in [1.82, 2.24) is 9.97 Å². The molecule has 2 rings (SSSR count). The van der Waals surface area contributed by atoms with E-state index >= 15 is 0 Å². The molecule has 0 N–H and O–H groups in total. The second-order valence-corrected chi connectivity index (χ2v) is 4.77. The first-order valence-electron chi connectivity index (χ1n) is 4.69. The smallest absolute Gasteiger partial charge is 0.321 e. The van der Waals surface area contributed by atoms with Crippen molar-refractivity contribution in [3.63, 3.8) is 0 Å². The molecule has 0 saturated carbocycles. The van der Waals surface area contributed by atoms with E-state index in [1.807, 2.05) is 6.07 Å². The van der Waals surface area contributed by atoms with Crippen LogP contribution in [0.1, 0.15) is 5.56 Å². The number of hydrogen-bond acceptors (Lipinski definition) is 3. The molecule has 0 aliphatic rings. The Morgan fingerprint density at radius 2 is 1.94 bits per heavy atom. The summed E-state index contributed by atoms with van der Waals surface area (Å²) in [5.74, 6) is 0.873. The van der Waals surface area contributed by atoms with Crippen LogP contribution in [-0.2, 0) is 5.88 Å². The quantitative estimate of drug-likeness (QED) is 0.780. The maximum absolute atomic E-state index is 5.98. The molecule has 0 aliphatic heterocycles. The minimum Gasteiger partial charge on any atom is -0.423 e. The summed E-state index contributed by atoms with van der Waals surface area (Å²) in [6.07, 6.45) is 3.22. The first-order valence-corrected chi connectivity index (χ1v) is 6.39. The van der Waals surface area contributed by atoms with Crippen LogP contribution in [0, 0.1) is 0 Å². The lowest BCUT2D eigenvalue weighted by Gasteiger charge is -2.06. The van der Waals surface area contributed by atoms with Gasteiger partial charge in [-0.05, 0) is 18.2 Å². The maximum Gasteiger partial charge on any atom is 0.321 e. The van der Waals surface area contributed by atoms with Gasteiger partial charge in [0.25, 0.3) is 0 Å². The molecule has 0 atom stereocenters.